The van der Waals surface area contributed by atoms with Gasteiger partial charge in [-0.05, 0) is 49.2 Å². The van der Waals surface area contributed by atoms with Crippen molar-refractivity contribution in [2.75, 3.05) is 87.5 Å². The first-order chi connectivity index (χ1) is 21.9. The zero-order valence-corrected chi connectivity index (χ0v) is 40.9. The van der Waals surface area contributed by atoms with Crippen LogP contribution in [-0.4, -0.2) is 114 Å². The summed E-state index contributed by atoms with van der Waals surface area (Å²) in [5.41, 5.74) is 7.81. The molecule has 0 amide bonds. The molecule has 0 spiro atoms. The number of ether oxygens (including phenoxy) is 4. The van der Waals surface area contributed by atoms with Gasteiger partial charge in [0.25, 0.3) is 6.47 Å². The average molecular weight is 1040 g/mol. The number of nitrogens with zero attached hydrogens (tertiary/aromatic N) is 4. The Labute approximate surface area is 417 Å². The van der Waals surface area contributed by atoms with Gasteiger partial charge in [-0.2, -0.15) is 0 Å². The van der Waals surface area contributed by atoms with Gasteiger partial charge in [-0.3, -0.25) is 14.4 Å². The summed E-state index contributed by atoms with van der Waals surface area (Å²) in [5, 5.41) is 11.8. The Morgan fingerprint density at radius 1 is 0.940 bits per heavy atom. The van der Waals surface area contributed by atoms with E-state index >= 15 is 0 Å². The average Bonchev–Trinajstić information content (AvgIpc) is 3.10. The number of hydrogen-bond donors (Lipinski definition) is 2. The maximum absolute atomic E-state index is 11.2. The van der Waals surface area contributed by atoms with Crippen LogP contribution in [0.25, 0.3) is 0 Å². The van der Waals surface area contributed by atoms with Gasteiger partial charge >= 0.3 is 115 Å². The van der Waals surface area contributed by atoms with Gasteiger partial charge in [-0.25, -0.2) is 9.97 Å². The molecule has 0 aliphatic carbocycles. The zero-order valence-electron chi connectivity index (χ0n) is 29.9. The van der Waals surface area contributed by atoms with Crippen LogP contribution in [-0.2, 0) is 51.3 Å². The van der Waals surface area contributed by atoms with Crippen LogP contribution in [0, 0.1) is 31.1 Å². The molecule has 2 fully saturated rings. The van der Waals surface area contributed by atoms with E-state index in [2.05, 4.69) is 50.6 Å². The number of nitrogens with one attached hydrogen (secondary N) is 1. The van der Waals surface area contributed by atoms with Crippen LogP contribution in [0.4, 0.5) is 11.6 Å². The minimum atomic E-state index is -0.227. The van der Waals surface area contributed by atoms with Crippen LogP contribution in [0.2, 0.25) is 0 Å². The summed E-state index contributed by atoms with van der Waals surface area (Å²) in [6.07, 6.45) is 3.61. The number of carbonyl (C=O) groups excluding carboxylic acids is 3. The molecule has 2 saturated heterocycles. The molecule has 4 rings (SSSR count). The Balaban J connectivity index is -0.000000144. The second kappa shape index (κ2) is 41.1. The SMILES string of the molecule is C.CCOC(=O)CBr.CCOC(=O)CNCc1ccnc(N2CCOCC2)c1.NCc1ccnc(N2CCOCC2)c1.O=CO[O-].[B].[H-].[K+].[K+].[U]. The van der Waals surface area contributed by atoms with Gasteiger partial charge in [0.05, 0.1) is 46.2 Å². The topological polar surface area (TPSA) is 191 Å². The summed E-state index contributed by atoms with van der Waals surface area (Å²) in [6.45, 7) is 12.3. The Bertz CT molecular complexity index is 1120. The predicted molar refractivity (Wildman–Crippen MR) is 182 cm³/mol. The minimum absolute atomic E-state index is 0. The molecule has 3 N–H and O–H groups in total. The van der Waals surface area contributed by atoms with Gasteiger partial charge in [-0.1, -0.05) is 23.4 Å². The Morgan fingerprint density at radius 3 is 1.74 bits per heavy atom. The number of hydrogen-bond acceptors (Lipinski definition) is 15. The summed E-state index contributed by atoms with van der Waals surface area (Å²) in [4.78, 5) is 45.8. The molecule has 20 heteroatoms. The smallest absolute Gasteiger partial charge is 1.00 e. The fourth-order valence-electron chi connectivity index (χ4n) is 3.81. The Morgan fingerprint density at radius 2 is 1.36 bits per heavy atom. The summed E-state index contributed by atoms with van der Waals surface area (Å²) in [6, 6.07) is 7.99. The monoisotopic (exact) mass is 1040 g/mol. The summed E-state index contributed by atoms with van der Waals surface area (Å²) in [5.74, 6) is 1.54. The van der Waals surface area contributed by atoms with E-state index in [1.165, 1.54) is 0 Å². The molecule has 0 unspecified atom stereocenters. The van der Waals surface area contributed by atoms with Gasteiger partial charge in [0.1, 0.15) is 17.0 Å². The van der Waals surface area contributed by atoms with Gasteiger partial charge in [-0.15, -0.1) is 0 Å². The molecule has 2 aliphatic rings. The van der Waals surface area contributed by atoms with Crippen molar-refractivity contribution < 1.29 is 179 Å². The number of carbonyl (C=O) groups is 3. The molecule has 4 heterocycles. The van der Waals surface area contributed by atoms with E-state index < -0.39 is 0 Å². The van der Waals surface area contributed by atoms with Crippen LogP contribution in [0.1, 0.15) is 33.8 Å². The number of esters is 2. The number of aromatic nitrogens is 2. The predicted octanol–water partition coefficient (Wildman–Crippen LogP) is -5.30. The maximum Gasteiger partial charge on any atom is 1.00 e. The van der Waals surface area contributed by atoms with E-state index in [4.69, 9.17) is 30.0 Å². The van der Waals surface area contributed by atoms with E-state index in [-0.39, 0.29) is 176 Å². The summed E-state index contributed by atoms with van der Waals surface area (Å²) >= 11 is 2.94. The van der Waals surface area contributed by atoms with E-state index in [0.717, 1.165) is 75.4 Å². The number of rotatable bonds is 11. The van der Waals surface area contributed by atoms with Crippen LogP contribution in [0.3, 0.4) is 0 Å². The molecule has 2 aliphatic heterocycles. The Kier molecular flexibility index (Phi) is 49.6. The van der Waals surface area contributed by atoms with Crippen molar-refractivity contribution in [3.8, 4) is 0 Å². The second-order valence-electron chi connectivity index (χ2n) is 8.99. The van der Waals surface area contributed by atoms with Crippen molar-refractivity contribution in [2.24, 2.45) is 5.73 Å². The van der Waals surface area contributed by atoms with Crippen molar-refractivity contribution >= 4 is 54.4 Å². The number of alkyl halides is 1. The third-order valence-corrected chi connectivity index (χ3v) is 6.34. The third kappa shape index (κ3) is 29.4. The van der Waals surface area contributed by atoms with Gasteiger partial charge in [0.15, 0.2) is 0 Å². The molecule has 50 heavy (non-hydrogen) atoms. The first kappa shape index (κ1) is 60.2. The van der Waals surface area contributed by atoms with E-state index in [1.807, 2.05) is 30.5 Å². The molecular formula is C30H49BBrK2N6O9U. The van der Waals surface area contributed by atoms with Crippen molar-refractivity contribution in [3.05, 3.63) is 47.8 Å². The number of halogens is 1. The van der Waals surface area contributed by atoms with Crippen LogP contribution in [0.15, 0.2) is 36.7 Å². The molecule has 0 atom stereocenters. The largest absolute Gasteiger partial charge is 1.00 e. The number of nitrogens with two attached hydrogens (primary N) is 1. The second-order valence-corrected chi connectivity index (χ2v) is 9.55. The molecular weight excluding hydrogens is 995 g/mol. The first-order valence-corrected chi connectivity index (χ1v) is 15.6. The molecule has 0 bridgehead atoms. The van der Waals surface area contributed by atoms with Crippen molar-refractivity contribution in [1.29, 1.82) is 0 Å². The summed E-state index contributed by atoms with van der Waals surface area (Å²) < 4.78 is 20.0. The van der Waals surface area contributed by atoms with Crippen molar-refractivity contribution in [2.45, 2.75) is 34.4 Å². The number of morpholine rings is 2. The molecule has 15 nitrogen and oxygen atoms in total. The van der Waals surface area contributed by atoms with Crippen LogP contribution in [0.5, 0.6) is 0 Å². The normalized spacial score (nSPS) is 12.4. The first-order valence-electron chi connectivity index (χ1n) is 14.5. The van der Waals surface area contributed by atoms with Crippen molar-refractivity contribution in [3.63, 3.8) is 0 Å². The maximum atomic E-state index is 11.2. The van der Waals surface area contributed by atoms with Gasteiger partial charge in [0, 0.05) is 91.2 Å². The minimum Gasteiger partial charge on any atom is -1.00 e. The van der Waals surface area contributed by atoms with Crippen LogP contribution < -0.4 is 129 Å². The quantitative estimate of drug-likeness (QED) is 0.0542. The number of pyridine rings is 2. The van der Waals surface area contributed by atoms with E-state index in [0.29, 0.717) is 31.6 Å². The molecule has 0 aromatic carbocycles. The zero-order chi connectivity index (χ0) is 33.1. The van der Waals surface area contributed by atoms with E-state index in [9.17, 15) is 9.59 Å². The molecule has 2 aromatic rings. The fraction of sp³-hybridized carbons (Fsp3) is 0.567. The standard InChI is InChI=1S/C14H21N3O3.C10H15N3O.C4H7BrO2.CH2O3.CH4.B.2K.U.H/c1-2-20-14(18)11-15-10-12-3-4-16-13(9-12)17-5-7-19-8-6-17;11-8-9-1-2-12-10(7-9)13-3-5-14-6-4-13;1-2-7-4(6)3-5;2-1-4-3;;;;;;/h3-4,9,15H,2,5-8,10-11H2,1H3;1-2,7H,3-6,8,11H2;2-3H2,1H3;1,3H;1H4;;;;;/q;;;;;;2*+1;;-1/p-1. The third-order valence-electron chi connectivity index (χ3n) is 5.88. The number of anilines is 2. The molecule has 3 radical (unpaired) electrons. The van der Waals surface area contributed by atoms with E-state index in [1.54, 1.807) is 20.0 Å². The van der Waals surface area contributed by atoms with Crippen molar-refractivity contribution in [1.82, 2.24) is 15.3 Å². The summed E-state index contributed by atoms with van der Waals surface area (Å²) in [7, 11) is 0. The van der Waals surface area contributed by atoms with Crippen LogP contribution >= 0.6 is 15.9 Å². The van der Waals surface area contributed by atoms with Gasteiger partial charge in [0.2, 0.25) is 0 Å². The molecule has 2 aromatic heterocycles. The molecule has 269 valence electrons. The fourth-order valence-corrected chi connectivity index (χ4v) is 3.97. The molecule has 0 saturated carbocycles. The van der Waals surface area contributed by atoms with Gasteiger partial charge < -0.3 is 51.4 Å². The Hall–Kier alpha value is 0.980.